The van der Waals surface area contributed by atoms with Crippen molar-refractivity contribution < 1.29 is 24.2 Å². The van der Waals surface area contributed by atoms with Crippen molar-refractivity contribution >= 4 is 17.4 Å². The maximum absolute atomic E-state index is 13.4. The molecule has 1 aliphatic rings. The van der Waals surface area contributed by atoms with E-state index >= 15 is 0 Å². The molecule has 3 aromatic carbocycles. The Morgan fingerprint density at radius 1 is 0.914 bits per heavy atom. The number of carbonyl (C=O) groups is 2. The summed E-state index contributed by atoms with van der Waals surface area (Å²) >= 11 is 0. The number of ketones is 1. The van der Waals surface area contributed by atoms with Gasteiger partial charge in [0.05, 0.1) is 25.8 Å². The van der Waals surface area contributed by atoms with Crippen LogP contribution in [0.2, 0.25) is 0 Å². The van der Waals surface area contributed by atoms with Crippen LogP contribution in [-0.2, 0) is 22.4 Å². The SMILES string of the molecule is CCc1ccc(C2C(C(=O)CCc3ccccc3)=C(O)C(=O)N2c2ccc(OC)c(OC)c2)cc1. The standard InChI is InChI=1S/C29H29NO5/c1-4-19-10-13-21(14-11-19)27-26(23(31)16-12-20-8-6-5-7-9-20)28(32)29(33)30(27)22-15-17-24(34-2)25(18-22)35-3/h5-11,13-15,17-18,27,32H,4,12,16H2,1-3H3. The van der Waals surface area contributed by atoms with Crippen molar-refractivity contribution in [3.8, 4) is 11.5 Å². The molecule has 1 atom stereocenters. The van der Waals surface area contributed by atoms with Crippen LogP contribution < -0.4 is 14.4 Å². The Morgan fingerprint density at radius 2 is 1.60 bits per heavy atom. The number of methoxy groups -OCH3 is 2. The molecule has 1 amide bonds. The Hall–Kier alpha value is -4.06. The van der Waals surface area contributed by atoms with Crippen LogP contribution in [0.4, 0.5) is 5.69 Å². The van der Waals surface area contributed by atoms with Gasteiger partial charge in [0.25, 0.3) is 5.91 Å². The Balaban J connectivity index is 1.75. The summed E-state index contributed by atoms with van der Waals surface area (Å²) in [6.45, 7) is 2.06. The van der Waals surface area contributed by atoms with Gasteiger partial charge in [-0.2, -0.15) is 0 Å². The van der Waals surface area contributed by atoms with Crippen LogP contribution in [0.3, 0.4) is 0 Å². The molecule has 0 radical (unpaired) electrons. The van der Waals surface area contributed by atoms with Gasteiger partial charge in [0.15, 0.2) is 23.0 Å². The molecule has 1 N–H and O–H groups in total. The first-order valence-corrected chi connectivity index (χ1v) is 11.6. The van der Waals surface area contributed by atoms with Gasteiger partial charge < -0.3 is 14.6 Å². The van der Waals surface area contributed by atoms with Crippen LogP contribution in [0, 0.1) is 0 Å². The number of nitrogens with zero attached hydrogens (tertiary/aromatic N) is 1. The molecule has 0 saturated carbocycles. The first-order chi connectivity index (χ1) is 17.0. The number of benzene rings is 3. The zero-order valence-electron chi connectivity index (χ0n) is 20.2. The number of anilines is 1. The molecule has 0 bridgehead atoms. The molecule has 3 aromatic rings. The lowest BCUT2D eigenvalue weighted by Crippen LogP contribution is -2.31. The zero-order chi connectivity index (χ0) is 24.9. The van der Waals surface area contributed by atoms with Gasteiger partial charge in [-0.15, -0.1) is 0 Å². The lowest BCUT2D eigenvalue weighted by molar-refractivity contribution is -0.118. The quantitative estimate of drug-likeness (QED) is 0.454. The molecule has 35 heavy (non-hydrogen) atoms. The van der Waals surface area contributed by atoms with Gasteiger partial charge in [-0.3, -0.25) is 14.5 Å². The van der Waals surface area contributed by atoms with Gasteiger partial charge >= 0.3 is 0 Å². The van der Waals surface area contributed by atoms with E-state index in [-0.39, 0.29) is 17.8 Å². The maximum atomic E-state index is 13.4. The van der Waals surface area contributed by atoms with E-state index in [1.807, 2.05) is 54.6 Å². The number of hydrogen-bond acceptors (Lipinski definition) is 5. The van der Waals surface area contributed by atoms with Crippen LogP contribution in [0.25, 0.3) is 0 Å². The van der Waals surface area contributed by atoms with Gasteiger partial charge in [0, 0.05) is 18.2 Å². The first-order valence-electron chi connectivity index (χ1n) is 11.6. The summed E-state index contributed by atoms with van der Waals surface area (Å²) in [4.78, 5) is 28.2. The van der Waals surface area contributed by atoms with E-state index in [1.165, 1.54) is 19.1 Å². The molecule has 0 fully saturated rings. The van der Waals surface area contributed by atoms with E-state index in [0.717, 1.165) is 23.1 Å². The van der Waals surface area contributed by atoms with E-state index < -0.39 is 17.7 Å². The number of hydrogen-bond donors (Lipinski definition) is 1. The van der Waals surface area contributed by atoms with Crippen molar-refractivity contribution in [1.29, 1.82) is 0 Å². The monoisotopic (exact) mass is 471 g/mol. The number of aliphatic hydroxyl groups excluding tert-OH is 1. The van der Waals surface area contributed by atoms with Gasteiger partial charge in [0.1, 0.15) is 0 Å². The van der Waals surface area contributed by atoms with Gasteiger partial charge in [0.2, 0.25) is 0 Å². The van der Waals surface area contributed by atoms with Gasteiger partial charge in [-0.25, -0.2) is 0 Å². The van der Waals surface area contributed by atoms with Crippen LogP contribution in [0.15, 0.2) is 84.1 Å². The minimum absolute atomic E-state index is 0.116. The molecular formula is C29H29NO5. The highest BCUT2D eigenvalue weighted by atomic mass is 16.5. The van der Waals surface area contributed by atoms with Gasteiger partial charge in [-0.05, 0) is 41.7 Å². The van der Waals surface area contributed by atoms with Crippen molar-refractivity contribution in [2.45, 2.75) is 32.2 Å². The Kier molecular flexibility index (Phi) is 7.20. The van der Waals surface area contributed by atoms with Crippen molar-refractivity contribution in [3.05, 3.63) is 101 Å². The fraction of sp³-hybridized carbons (Fsp3) is 0.241. The second kappa shape index (κ2) is 10.5. The third-order valence-electron chi connectivity index (χ3n) is 6.34. The number of amides is 1. The minimum atomic E-state index is -0.755. The molecule has 4 rings (SSSR count). The Bertz CT molecular complexity index is 1250. The van der Waals surface area contributed by atoms with E-state index in [1.54, 1.807) is 18.2 Å². The number of aryl methyl sites for hydroxylation is 2. The molecular weight excluding hydrogens is 442 g/mol. The number of ether oxygens (including phenoxy) is 2. The highest BCUT2D eigenvalue weighted by Crippen LogP contribution is 2.43. The van der Waals surface area contributed by atoms with Crippen molar-refractivity contribution in [3.63, 3.8) is 0 Å². The molecule has 1 aliphatic heterocycles. The highest BCUT2D eigenvalue weighted by Gasteiger charge is 2.44. The molecule has 0 spiro atoms. The van der Waals surface area contributed by atoms with Crippen molar-refractivity contribution in [1.82, 2.24) is 0 Å². The number of carbonyl (C=O) groups excluding carboxylic acids is 2. The average Bonchev–Trinajstić information content (AvgIpc) is 3.17. The Labute approximate surface area is 205 Å². The second-order valence-electron chi connectivity index (χ2n) is 8.38. The fourth-order valence-electron chi connectivity index (χ4n) is 4.42. The number of rotatable bonds is 9. The summed E-state index contributed by atoms with van der Waals surface area (Å²) < 4.78 is 10.8. The molecule has 1 heterocycles. The molecule has 0 aromatic heterocycles. The van der Waals surface area contributed by atoms with Crippen LogP contribution in [0.1, 0.15) is 36.1 Å². The summed E-state index contributed by atoms with van der Waals surface area (Å²) in [7, 11) is 3.05. The normalized spacial score (nSPS) is 15.5. The van der Waals surface area contributed by atoms with Crippen LogP contribution in [-0.4, -0.2) is 31.0 Å². The summed E-state index contributed by atoms with van der Waals surface area (Å²) in [5.74, 6) is -0.427. The van der Waals surface area contributed by atoms with Crippen molar-refractivity contribution in [2.24, 2.45) is 0 Å². The summed E-state index contributed by atoms with van der Waals surface area (Å²) in [5, 5.41) is 10.9. The van der Waals surface area contributed by atoms with Gasteiger partial charge in [-0.1, -0.05) is 61.5 Å². The zero-order valence-corrected chi connectivity index (χ0v) is 20.2. The van der Waals surface area contributed by atoms with Crippen LogP contribution >= 0.6 is 0 Å². The first kappa shape index (κ1) is 24.1. The maximum Gasteiger partial charge on any atom is 0.294 e. The van der Waals surface area contributed by atoms with E-state index in [2.05, 4.69) is 6.92 Å². The molecule has 0 aliphatic carbocycles. The molecule has 6 nitrogen and oxygen atoms in total. The highest BCUT2D eigenvalue weighted by molar-refractivity contribution is 6.16. The largest absolute Gasteiger partial charge is 0.503 e. The molecule has 6 heteroatoms. The Morgan fingerprint density at radius 3 is 2.23 bits per heavy atom. The molecule has 1 unspecified atom stereocenters. The molecule has 180 valence electrons. The third kappa shape index (κ3) is 4.78. The summed E-state index contributed by atoms with van der Waals surface area (Å²) in [5.41, 5.74) is 3.52. The molecule has 0 saturated heterocycles. The second-order valence-corrected chi connectivity index (χ2v) is 8.38. The van der Waals surface area contributed by atoms with Crippen LogP contribution in [0.5, 0.6) is 11.5 Å². The van der Waals surface area contributed by atoms with E-state index in [4.69, 9.17) is 9.47 Å². The fourth-order valence-corrected chi connectivity index (χ4v) is 4.42. The third-order valence-corrected chi connectivity index (χ3v) is 6.34. The summed E-state index contributed by atoms with van der Waals surface area (Å²) in [6.07, 6.45) is 1.57. The topological polar surface area (TPSA) is 76.1 Å². The smallest absolute Gasteiger partial charge is 0.294 e. The average molecular weight is 472 g/mol. The summed E-state index contributed by atoms with van der Waals surface area (Å²) in [6, 6.07) is 21.8. The minimum Gasteiger partial charge on any atom is -0.503 e. The lowest BCUT2D eigenvalue weighted by Gasteiger charge is -2.27. The van der Waals surface area contributed by atoms with E-state index in [0.29, 0.717) is 23.6 Å². The van der Waals surface area contributed by atoms with E-state index in [9.17, 15) is 14.7 Å². The predicted molar refractivity (Wildman–Crippen MR) is 135 cm³/mol. The lowest BCUT2D eigenvalue weighted by atomic mass is 9.92. The number of aliphatic hydroxyl groups is 1. The van der Waals surface area contributed by atoms with Crippen molar-refractivity contribution in [2.75, 3.05) is 19.1 Å². The predicted octanol–water partition coefficient (Wildman–Crippen LogP) is 5.37. The number of Topliss-reactive ketones (excluding diaryl/α,β-unsaturated/α-hetero) is 1.